The van der Waals surface area contributed by atoms with Crippen LogP contribution in [-0.4, -0.2) is 46.8 Å². The zero-order valence-corrected chi connectivity index (χ0v) is 14.8. The summed E-state index contributed by atoms with van der Waals surface area (Å²) >= 11 is 1.02. The van der Waals surface area contributed by atoms with E-state index in [2.05, 4.69) is 10.6 Å². The van der Waals surface area contributed by atoms with Crippen molar-refractivity contribution < 1.29 is 14.4 Å². The van der Waals surface area contributed by atoms with E-state index in [0.29, 0.717) is 5.56 Å². The van der Waals surface area contributed by atoms with Crippen LogP contribution >= 0.6 is 24.2 Å². The van der Waals surface area contributed by atoms with Gasteiger partial charge < -0.3 is 10.6 Å². The van der Waals surface area contributed by atoms with E-state index >= 15 is 0 Å². The average Bonchev–Trinajstić information content (AvgIpc) is 2.88. The highest BCUT2D eigenvalue weighted by atomic mass is 35.5. The Hall–Kier alpha value is -1.57. The molecule has 0 aromatic heterocycles. The molecule has 0 atom stereocenters. The van der Waals surface area contributed by atoms with E-state index in [4.69, 9.17) is 0 Å². The molecule has 2 fully saturated rings. The van der Waals surface area contributed by atoms with Gasteiger partial charge in [-0.05, 0) is 43.6 Å². The third-order valence-corrected chi connectivity index (χ3v) is 4.90. The summed E-state index contributed by atoms with van der Waals surface area (Å²) in [6.07, 6.45) is 1.86. The van der Waals surface area contributed by atoms with Gasteiger partial charge in [0.05, 0.1) is 12.3 Å². The van der Waals surface area contributed by atoms with Gasteiger partial charge in [-0.1, -0.05) is 23.9 Å². The van der Waals surface area contributed by atoms with Crippen molar-refractivity contribution in [2.24, 2.45) is 0 Å². The zero-order chi connectivity index (χ0) is 16.2. The maximum Gasteiger partial charge on any atom is 0.289 e. The molecule has 8 heteroatoms. The third-order valence-electron chi connectivity index (χ3n) is 4.04. The summed E-state index contributed by atoms with van der Waals surface area (Å²) in [4.78, 5) is 36.9. The minimum atomic E-state index is -0.223. The molecule has 1 aromatic rings. The number of carbonyl (C=O) groups is 3. The third kappa shape index (κ3) is 4.49. The molecule has 0 spiro atoms. The largest absolute Gasteiger partial charge is 0.349 e. The summed E-state index contributed by atoms with van der Waals surface area (Å²) in [6.45, 7) is 2.06. The number of imide groups is 1. The quantitative estimate of drug-likeness (QED) is 0.845. The number of benzene rings is 1. The summed E-state index contributed by atoms with van der Waals surface area (Å²) in [5, 5.41) is 6.08. The van der Waals surface area contributed by atoms with Gasteiger partial charge in [-0.2, -0.15) is 0 Å². The van der Waals surface area contributed by atoms with Gasteiger partial charge in [-0.15, -0.1) is 12.4 Å². The van der Waals surface area contributed by atoms with Gasteiger partial charge in [0.2, 0.25) is 5.91 Å². The van der Waals surface area contributed by atoms with E-state index in [0.717, 1.165) is 43.3 Å². The first-order chi connectivity index (χ1) is 11.1. The van der Waals surface area contributed by atoms with Crippen molar-refractivity contribution in [2.75, 3.05) is 18.8 Å². The highest BCUT2D eigenvalue weighted by molar-refractivity contribution is 8.14. The van der Waals surface area contributed by atoms with Crippen LogP contribution in [0.25, 0.3) is 0 Å². The van der Waals surface area contributed by atoms with Gasteiger partial charge in [0, 0.05) is 11.6 Å². The van der Waals surface area contributed by atoms with Crippen LogP contribution in [0.2, 0.25) is 0 Å². The standard InChI is InChI=1S/C16H19N3O3S.ClH/c20-14-10-23-16(22)19(14)9-11-2-1-3-12(8-11)15(21)18-13-4-6-17-7-5-13;/h1-3,8,13,17H,4-7,9-10H2,(H,18,21);1H. The molecule has 130 valence electrons. The topological polar surface area (TPSA) is 78.5 Å². The van der Waals surface area contributed by atoms with Crippen LogP contribution in [0.5, 0.6) is 0 Å². The molecule has 3 rings (SSSR count). The van der Waals surface area contributed by atoms with Crippen molar-refractivity contribution >= 4 is 41.2 Å². The minimum Gasteiger partial charge on any atom is -0.349 e. The van der Waals surface area contributed by atoms with E-state index in [1.54, 1.807) is 18.2 Å². The summed E-state index contributed by atoms with van der Waals surface area (Å²) < 4.78 is 0. The van der Waals surface area contributed by atoms with E-state index in [1.807, 2.05) is 6.07 Å². The van der Waals surface area contributed by atoms with Crippen LogP contribution < -0.4 is 10.6 Å². The van der Waals surface area contributed by atoms with Gasteiger partial charge in [-0.25, -0.2) is 0 Å². The van der Waals surface area contributed by atoms with Gasteiger partial charge in [0.1, 0.15) is 0 Å². The van der Waals surface area contributed by atoms with E-state index in [9.17, 15) is 14.4 Å². The Morgan fingerprint density at radius 1 is 1.29 bits per heavy atom. The highest BCUT2D eigenvalue weighted by Crippen LogP contribution is 2.21. The molecule has 0 radical (unpaired) electrons. The molecule has 24 heavy (non-hydrogen) atoms. The van der Waals surface area contributed by atoms with Crippen LogP contribution in [0.4, 0.5) is 4.79 Å². The van der Waals surface area contributed by atoms with E-state index in [-0.39, 0.29) is 47.8 Å². The molecule has 2 heterocycles. The molecule has 6 nitrogen and oxygen atoms in total. The highest BCUT2D eigenvalue weighted by Gasteiger charge is 2.29. The molecular weight excluding hydrogens is 350 g/mol. The second-order valence-corrected chi connectivity index (χ2v) is 6.66. The van der Waals surface area contributed by atoms with Gasteiger partial charge >= 0.3 is 0 Å². The number of hydrogen-bond donors (Lipinski definition) is 2. The predicted octanol–water partition coefficient (Wildman–Crippen LogP) is 1.79. The Bertz CT molecular complexity index is 619. The number of piperidine rings is 1. The SMILES string of the molecule is Cl.O=C(NC1CCNCC1)c1cccc(CN2C(=O)CSC2=O)c1. The number of carbonyl (C=O) groups excluding carboxylic acids is 3. The van der Waals surface area contributed by atoms with Crippen LogP contribution in [0.3, 0.4) is 0 Å². The monoisotopic (exact) mass is 369 g/mol. The van der Waals surface area contributed by atoms with Crippen molar-refractivity contribution in [1.82, 2.24) is 15.5 Å². The number of nitrogens with one attached hydrogen (secondary N) is 2. The Morgan fingerprint density at radius 3 is 2.71 bits per heavy atom. The van der Waals surface area contributed by atoms with Gasteiger partial charge in [-0.3, -0.25) is 19.3 Å². The van der Waals surface area contributed by atoms with Gasteiger partial charge in [0.25, 0.3) is 11.1 Å². The molecule has 0 aliphatic carbocycles. The molecule has 3 amide bonds. The van der Waals surface area contributed by atoms with Crippen LogP contribution in [0.15, 0.2) is 24.3 Å². The number of hydrogen-bond acceptors (Lipinski definition) is 5. The summed E-state index contributed by atoms with van der Waals surface area (Å²) in [6, 6.07) is 7.31. The molecule has 0 unspecified atom stereocenters. The lowest BCUT2D eigenvalue weighted by Crippen LogP contribution is -2.42. The lowest BCUT2D eigenvalue weighted by molar-refractivity contribution is -0.125. The van der Waals surface area contributed by atoms with Crippen molar-refractivity contribution in [2.45, 2.75) is 25.4 Å². The number of rotatable bonds is 4. The lowest BCUT2D eigenvalue weighted by atomic mass is 10.1. The predicted molar refractivity (Wildman–Crippen MR) is 95.5 cm³/mol. The fourth-order valence-corrected chi connectivity index (χ4v) is 3.49. The molecule has 2 saturated heterocycles. The fourth-order valence-electron chi connectivity index (χ4n) is 2.76. The Balaban J connectivity index is 0.00000208. The number of halogens is 1. The smallest absolute Gasteiger partial charge is 0.289 e. The van der Waals surface area contributed by atoms with Crippen molar-refractivity contribution in [1.29, 1.82) is 0 Å². The average molecular weight is 370 g/mol. The number of nitrogens with zero attached hydrogens (tertiary/aromatic N) is 1. The van der Waals surface area contributed by atoms with Gasteiger partial charge in [0.15, 0.2) is 0 Å². The summed E-state index contributed by atoms with van der Waals surface area (Å²) in [5.41, 5.74) is 1.35. The second-order valence-electron chi connectivity index (χ2n) is 5.73. The second kappa shape index (κ2) is 8.50. The molecule has 2 aliphatic heterocycles. The number of thioether (sulfide) groups is 1. The molecule has 0 saturated carbocycles. The van der Waals surface area contributed by atoms with E-state index < -0.39 is 0 Å². The summed E-state index contributed by atoms with van der Waals surface area (Å²) in [7, 11) is 0. The number of amides is 3. The van der Waals surface area contributed by atoms with Crippen LogP contribution in [0, 0.1) is 0 Å². The Kier molecular flexibility index (Phi) is 6.65. The summed E-state index contributed by atoms with van der Waals surface area (Å²) in [5.74, 6) is -0.0777. The van der Waals surface area contributed by atoms with Crippen molar-refractivity contribution in [3.63, 3.8) is 0 Å². The molecule has 0 bridgehead atoms. The van der Waals surface area contributed by atoms with Crippen LogP contribution in [-0.2, 0) is 11.3 Å². The van der Waals surface area contributed by atoms with Crippen molar-refractivity contribution in [3.05, 3.63) is 35.4 Å². The molecule has 2 aliphatic rings. The van der Waals surface area contributed by atoms with Crippen LogP contribution in [0.1, 0.15) is 28.8 Å². The fraction of sp³-hybridized carbons (Fsp3) is 0.438. The first kappa shape index (κ1) is 18.8. The first-order valence-electron chi connectivity index (χ1n) is 7.71. The molecular formula is C16H20ClN3O3S. The Labute approximate surface area is 151 Å². The Morgan fingerprint density at radius 2 is 2.04 bits per heavy atom. The zero-order valence-electron chi connectivity index (χ0n) is 13.1. The van der Waals surface area contributed by atoms with Crippen molar-refractivity contribution in [3.8, 4) is 0 Å². The van der Waals surface area contributed by atoms with E-state index in [1.165, 1.54) is 4.90 Å². The minimum absolute atomic E-state index is 0. The lowest BCUT2D eigenvalue weighted by Gasteiger charge is -2.23. The first-order valence-corrected chi connectivity index (χ1v) is 8.69. The molecule has 1 aromatic carbocycles. The maximum absolute atomic E-state index is 12.3. The maximum atomic E-state index is 12.3. The normalized spacial score (nSPS) is 18.4. The molecule has 2 N–H and O–H groups in total.